The number of carboxylic acid groups (broad SMARTS) is 3. The number of nitrogens with zero attached hydrogens (tertiary/aromatic N) is 3. The Morgan fingerprint density at radius 2 is 0.871 bits per heavy atom. The maximum atomic E-state index is 9.99. The normalized spacial score (nSPS) is 9.29. The molecule has 3 heterocycles. The first-order chi connectivity index (χ1) is 14.0. The van der Waals surface area contributed by atoms with Gasteiger partial charge >= 0.3 is 17.1 Å². The molecule has 0 unspecified atom stereocenters. The van der Waals surface area contributed by atoms with E-state index in [1.807, 2.05) is 0 Å². The number of thiazole rings is 3. The Labute approximate surface area is 198 Å². The number of aromatic nitrogens is 3. The van der Waals surface area contributed by atoms with E-state index in [9.17, 15) is 29.7 Å². The fourth-order valence-corrected chi connectivity index (χ4v) is 3.34. The van der Waals surface area contributed by atoms with E-state index in [4.69, 9.17) is 17.2 Å². The zero-order valence-electron chi connectivity index (χ0n) is 15.5. The minimum Gasteiger partial charge on any atom is -0.550 e. The van der Waals surface area contributed by atoms with Crippen LogP contribution in [0.4, 0.5) is 15.4 Å². The molecule has 6 N–H and O–H groups in total. The van der Waals surface area contributed by atoms with E-state index in [1.54, 1.807) is 16.1 Å². The van der Waals surface area contributed by atoms with Gasteiger partial charge in [-0.2, -0.15) is 0 Å². The zero-order chi connectivity index (χ0) is 22.7. The Morgan fingerprint density at radius 1 is 0.645 bits per heavy atom. The van der Waals surface area contributed by atoms with Crippen molar-refractivity contribution in [3.63, 3.8) is 0 Å². The minimum absolute atomic E-state index is 0. The van der Waals surface area contributed by atoms with Gasteiger partial charge in [0, 0.05) is 53.3 Å². The molecule has 0 aliphatic rings. The molecule has 0 amide bonds. The predicted molar refractivity (Wildman–Crippen MR) is 106 cm³/mol. The molecule has 31 heavy (non-hydrogen) atoms. The van der Waals surface area contributed by atoms with Crippen LogP contribution in [0.1, 0.15) is 17.1 Å². The van der Waals surface area contributed by atoms with E-state index in [0.29, 0.717) is 32.5 Å². The average Bonchev–Trinajstić information content (AvgIpc) is 3.31. The zero-order valence-corrected chi connectivity index (χ0v) is 19.0. The summed E-state index contributed by atoms with van der Waals surface area (Å²) in [6.07, 6.45) is -0.477. The van der Waals surface area contributed by atoms with Crippen LogP contribution in [0.3, 0.4) is 0 Å². The van der Waals surface area contributed by atoms with Gasteiger partial charge in [0.05, 0.1) is 17.1 Å². The number of carbonyl (C=O) groups excluding carboxylic acids is 3. The molecule has 0 aromatic carbocycles. The molecule has 0 spiro atoms. The molecule has 0 fully saturated rings. The van der Waals surface area contributed by atoms with Crippen molar-refractivity contribution < 1.29 is 46.8 Å². The van der Waals surface area contributed by atoms with Crippen LogP contribution < -0.4 is 32.5 Å². The summed E-state index contributed by atoms with van der Waals surface area (Å²) in [7, 11) is 0. The topological polar surface area (TPSA) is 237 Å². The molecule has 3 aromatic heterocycles. The molecule has 3 aromatic rings. The molecular formula is C15H15FeN6O6S3. The van der Waals surface area contributed by atoms with E-state index in [1.165, 1.54) is 34.0 Å². The summed E-state index contributed by atoms with van der Waals surface area (Å²) in [5.74, 6) is -3.40. The fraction of sp³-hybridized carbons (Fsp3) is 0.200. The molecule has 0 bridgehead atoms. The van der Waals surface area contributed by atoms with E-state index < -0.39 is 17.9 Å². The molecule has 0 saturated carbocycles. The van der Waals surface area contributed by atoms with Gasteiger partial charge < -0.3 is 46.9 Å². The second-order valence-electron chi connectivity index (χ2n) is 5.18. The Hall–Kier alpha value is -2.78. The number of nitrogens with two attached hydrogens (primary N) is 3. The Bertz CT molecular complexity index is 867. The van der Waals surface area contributed by atoms with Crippen molar-refractivity contribution in [1.29, 1.82) is 0 Å². The Kier molecular flexibility index (Phi) is 13.0. The molecule has 167 valence electrons. The van der Waals surface area contributed by atoms with Gasteiger partial charge in [0.25, 0.3) is 0 Å². The number of carboxylic acids is 3. The number of nitrogen functional groups attached to an aromatic ring is 3. The fourth-order valence-electron chi connectivity index (χ4n) is 1.66. The summed E-state index contributed by atoms with van der Waals surface area (Å²) in [6.45, 7) is 0. The van der Waals surface area contributed by atoms with Gasteiger partial charge in [-0.25, -0.2) is 15.0 Å². The van der Waals surface area contributed by atoms with Crippen LogP contribution >= 0.6 is 34.0 Å². The Balaban J connectivity index is 0.000000429. The number of carbonyl (C=O) groups is 3. The molecule has 1 radical (unpaired) electrons. The van der Waals surface area contributed by atoms with Crippen molar-refractivity contribution in [2.45, 2.75) is 19.3 Å². The van der Waals surface area contributed by atoms with Crippen molar-refractivity contribution >= 4 is 67.3 Å². The van der Waals surface area contributed by atoms with Gasteiger partial charge in [0.2, 0.25) is 0 Å². The second kappa shape index (κ2) is 14.3. The number of hydrogen-bond donors (Lipinski definition) is 3. The monoisotopic (exact) mass is 527 g/mol. The van der Waals surface area contributed by atoms with Crippen molar-refractivity contribution in [3.05, 3.63) is 33.2 Å². The van der Waals surface area contributed by atoms with Gasteiger partial charge in [0.15, 0.2) is 15.4 Å². The van der Waals surface area contributed by atoms with Crippen LogP contribution in [0.5, 0.6) is 0 Å². The number of aliphatic carboxylic acids is 3. The van der Waals surface area contributed by atoms with Crippen molar-refractivity contribution in [2.24, 2.45) is 0 Å². The average molecular weight is 527 g/mol. The van der Waals surface area contributed by atoms with Gasteiger partial charge in [-0.3, -0.25) is 0 Å². The Morgan fingerprint density at radius 3 is 1.00 bits per heavy atom. The van der Waals surface area contributed by atoms with Gasteiger partial charge in [0.1, 0.15) is 0 Å². The third-order valence-corrected chi connectivity index (χ3v) is 4.85. The van der Waals surface area contributed by atoms with E-state index >= 15 is 0 Å². The first-order valence-corrected chi connectivity index (χ1v) is 10.4. The molecule has 0 atom stereocenters. The summed E-state index contributed by atoms with van der Waals surface area (Å²) < 4.78 is 0. The third kappa shape index (κ3) is 13.2. The largest absolute Gasteiger partial charge is 3.00 e. The first-order valence-electron chi connectivity index (χ1n) is 7.74. The molecule has 12 nitrogen and oxygen atoms in total. The molecular weight excluding hydrogens is 512 g/mol. The maximum absolute atomic E-state index is 9.99. The van der Waals surface area contributed by atoms with E-state index in [-0.39, 0.29) is 36.3 Å². The quantitative estimate of drug-likeness (QED) is 0.273. The van der Waals surface area contributed by atoms with Gasteiger partial charge in [-0.05, 0) is 0 Å². The van der Waals surface area contributed by atoms with E-state index in [0.717, 1.165) is 0 Å². The molecule has 0 aliphatic carbocycles. The molecule has 16 heteroatoms. The second-order valence-corrected chi connectivity index (χ2v) is 7.85. The van der Waals surface area contributed by atoms with Gasteiger partial charge in [-0.1, -0.05) is 0 Å². The van der Waals surface area contributed by atoms with Crippen molar-refractivity contribution in [1.82, 2.24) is 15.0 Å². The summed E-state index contributed by atoms with van der Waals surface area (Å²) in [5, 5.41) is 35.9. The SMILES string of the molecule is Nc1nc(CC(=O)[O-])cs1.Nc1nc(CC(=O)[O-])cs1.Nc1nc(CC(=O)[O-])cs1.[Fe+3]. The number of hydrogen-bond acceptors (Lipinski definition) is 15. The van der Waals surface area contributed by atoms with Crippen LogP contribution in [0.15, 0.2) is 16.1 Å². The maximum Gasteiger partial charge on any atom is 3.00 e. The summed E-state index contributed by atoms with van der Waals surface area (Å²) >= 11 is 3.67. The van der Waals surface area contributed by atoms with Crippen LogP contribution in [-0.4, -0.2) is 32.9 Å². The predicted octanol–water partition coefficient (Wildman–Crippen LogP) is -2.95. The first kappa shape index (κ1) is 28.2. The third-order valence-electron chi connectivity index (χ3n) is 2.68. The number of anilines is 3. The van der Waals surface area contributed by atoms with Crippen LogP contribution in [0, 0.1) is 0 Å². The smallest absolute Gasteiger partial charge is 0.550 e. The van der Waals surface area contributed by atoms with Crippen molar-refractivity contribution in [2.75, 3.05) is 17.2 Å². The standard InChI is InChI=1S/3C5H6N2O2S.Fe/c3*6-5-7-3(2-10-5)1-4(8)9;/h3*2H,1H2,(H2,6,7)(H,8,9);/q;;;+3/p-3. The van der Waals surface area contributed by atoms with Gasteiger partial charge in [-0.15, -0.1) is 34.0 Å². The summed E-state index contributed by atoms with van der Waals surface area (Å²) in [4.78, 5) is 41.2. The summed E-state index contributed by atoms with van der Waals surface area (Å²) in [6, 6.07) is 0. The van der Waals surface area contributed by atoms with E-state index in [2.05, 4.69) is 15.0 Å². The molecule has 3 rings (SSSR count). The van der Waals surface area contributed by atoms with Crippen LogP contribution in [0.2, 0.25) is 0 Å². The minimum atomic E-state index is -1.13. The molecule has 0 saturated heterocycles. The number of rotatable bonds is 6. The molecule has 0 aliphatic heterocycles. The summed E-state index contributed by atoms with van der Waals surface area (Å²) in [5.41, 5.74) is 17.1. The van der Waals surface area contributed by atoms with Crippen LogP contribution in [-0.2, 0) is 50.7 Å². The van der Waals surface area contributed by atoms with Crippen molar-refractivity contribution in [3.8, 4) is 0 Å². The van der Waals surface area contributed by atoms with Crippen LogP contribution in [0.25, 0.3) is 0 Å².